The summed E-state index contributed by atoms with van der Waals surface area (Å²) < 4.78 is 6.41. The number of benzene rings is 1. The van der Waals surface area contributed by atoms with Gasteiger partial charge >= 0.3 is 5.97 Å². The third kappa shape index (κ3) is 13.7. The van der Waals surface area contributed by atoms with E-state index in [1.807, 2.05) is 12.1 Å². The maximum absolute atomic E-state index is 13.4. The second kappa shape index (κ2) is 24.2. The molecule has 0 saturated carbocycles. The third-order valence-electron chi connectivity index (χ3n) is 10.3. The Hall–Kier alpha value is -1.17. The van der Waals surface area contributed by atoms with Crippen molar-refractivity contribution in [3.05, 3.63) is 33.8 Å². The lowest BCUT2D eigenvalue weighted by molar-refractivity contribution is -0.151. The Morgan fingerprint density at radius 3 is 2.32 bits per heavy atom. The van der Waals surface area contributed by atoms with Gasteiger partial charge in [0.05, 0.1) is 28.3 Å². The van der Waals surface area contributed by atoms with Crippen LogP contribution < -0.4 is 5.32 Å². The molecule has 1 N–H and O–H groups in total. The summed E-state index contributed by atoms with van der Waals surface area (Å²) in [7, 11) is 1.59. The first-order valence-corrected chi connectivity index (χ1v) is 21.0. The number of nitrogens with zero attached hydrogens (tertiary/aromatic N) is 3. The van der Waals surface area contributed by atoms with Crippen LogP contribution in [0.3, 0.4) is 0 Å². The van der Waals surface area contributed by atoms with E-state index in [0.717, 1.165) is 63.0 Å². The number of rotatable bonds is 25. The van der Waals surface area contributed by atoms with Crippen molar-refractivity contribution in [2.24, 2.45) is 11.1 Å². The minimum absolute atomic E-state index is 0.00530. The highest BCUT2D eigenvalue weighted by Gasteiger charge is 2.55. The number of carbonyl (C=O) groups is 2. The van der Waals surface area contributed by atoms with E-state index in [1.54, 1.807) is 7.11 Å². The lowest BCUT2D eigenvalue weighted by atomic mass is 9.72. The van der Waals surface area contributed by atoms with Crippen LogP contribution in [0.5, 0.6) is 0 Å². The maximum atomic E-state index is 13.4. The van der Waals surface area contributed by atoms with Crippen LogP contribution in [-0.4, -0.2) is 96.9 Å². The molecule has 12 heteroatoms. The third-order valence-corrected chi connectivity index (χ3v) is 11.4. The highest BCUT2D eigenvalue weighted by molar-refractivity contribution is 7.80. The molecule has 50 heavy (non-hydrogen) atoms. The van der Waals surface area contributed by atoms with Crippen LogP contribution in [0.25, 0.3) is 0 Å². The number of carbonyl (C=O) groups excluding carboxylic acids is 2. The van der Waals surface area contributed by atoms with Crippen molar-refractivity contribution >= 4 is 66.0 Å². The molecule has 1 amide bonds. The fourth-order valence-corrected chi connectivity index (χ4v) is 8.64. The van der Waals surface area contributed by atoms with Crippen LogP contribution >= 0.6 is 48.5 Å². The first-order valence-electron chi connectivity index (χ1n) is 19.0. The molecule has 5 atom stereocenters. The van der Waals surface area contributed by atoms with Crippen molar-refractivity contribution in [2.45, 2.75) is 128 Å². The minimum Gasteiger partial charge on any atom is -0.461 e. The van der Waals surface area contributed by atoms with E-state index in [0.29, 0.717) is 47.5 Å². The molecule has 1 aromatic carbocycles. The molecule has 0 radical (unpaired) electrons. The van der Waals surface area contributed by atoms with Crippen LogP contribution in [0.2, 0.25) is 10.0 Å². The van der Waals surface area contributed by atoms with Crippen molar-refractivity contribution in [3.8, 4) is 0 Å². The Morgan fingerprint density at radius 1 is 0.960 bits per heavy atom. The van der Waals surface area contributed by atoms with Gasteiger partial charge in [-0.05, 0) is 55.8 Å². The zero-order chi connectivity index (χ0) is 36.3. The number of hydrogen-bond donors (Lipinski definition) is 3. The molecule has 2 bridgehead atoms. The van der Waals surface area contributed by atoms with Gasteiger partial charge in [0.15, 0.2) is 0 Å². The van der Waals surface area contributed by atoms with Gasteiger partial charge < -0.3 is 14.9 Å². The molecule has 5 unspecified atom stereocenters. The molecule has 8 nitrogen and oxygen atoms in total. The Bertz CT molecular complexity index is 1200. The van der Waals surface area contributed by atoms with Gasteiger partial charge in [-0.1, -0.05) is 99.6 Å². The number of piperidine rings is 1. The summed E-state index contributed by atoms with van der Waals surface area (Å²) >= 11 is 21.6. The first kappa shape index (κ1) is 43.2. The van der Waals surface area contributed by atoms with Crippen molar-refractivity contribution < 1.29 is 19.2 Å². The fourth-order valence-electron chi connectivity index (χ4n) is 7.94. The molecule has 284 valence electrons. The van der Waals surface area contributed by atoms with E-state index in [4.69, 9.17) is 32.8 Å². The van der Waals surface area contributed by atoms with Crippen molar-refractivity contribution in [2.75, 3.05) is 51.3 Å². The smallest absolute Gasteiger partial charge is 0.306 e. The zero-order valence-corrected chi connectivity index (χ0v) is 33.9. The molecule has 0 spiro atoms. The lowest BCUT2D eigenvalue weighted by Gasteiger charge is -2.46. The van der Waals surface area contributed by atoms with Crippen LogP contribution in [0.1, 0.15) is 115 Å². The Morgan fingerprint density at radius 2 is 1.68 bits per heavy atom. The number of halogens is 2. The maximum Gasteiger partial charge on any atom is 0.306 e. The quantitative estimate of drug-likeness (QED) is 0.0304. The molecule has 2 aliphatic rings. The SMILES string of the molecule is CCCCCCCCCCCC(=O)OC1CC2CC(c3ccc(Cl)c(Cl)c3)C(C(CC)=NOC)C1N2CCCN(CCS)CC(=O)NCCS. The van der Waals surface area contributed by atoms with Gasteiger partial charge in [0, 0.05) is 55.9 Å². The fraction of sp³-hybridized carbons (Fsp3) is 0.763. The summed E-state index contributed by atoms with van der Waals surface area (Å²) in [6, 6.07) is 6.08. The summed E-state index contributed by atoms with van der Waals surface area (Å²) in [6.45, 7) is 7.55. The molecule has 3 rings (SSSR count). The summed E-state index contributed by atoms with van der Waals surface area (Å²) in [6.07, 6.45) is 14.3. The molecule has 2 fully saturated rings. The topological polar surface area (TPSA) is 83.5 Å². The van der Waals surface area contributed by atoms with Crippen molar-refractivity contribution in [3.63, 3.8) is 0 Å². The second-order valence-corrected chi connectivity index (χ2v) is 15.5. The number of ether oxygens (including phenoxy) is 1. The number of fused-ring (bicyclic) bond motifs is 2. The van der Waals surface area contributed by atoms with Crippen LogP contribution in [0, 0.1) is 5.92 Å². The molecule has 0 aliphatic carbocycles. The van der Waals surface area contributed by atoms with Crippen LogP contribution in [-0.2, 0) is 19.2 Å². The normalized spacial score (nSPS) is 22.2. The van der Waals surface area contributed by atoms with Gasteiger partial charge in [-0.15, -0.1) is 0 Å². The van der Waals surface area contributed by atoms with E-state index in [9.17, 15) is 9.59 Å². The standard InChI is InChI=1S/C38H62Cl2N4O4S2/c1-4-6-7-8-9-10-11-12-13-15-36(46)48-34-26-29-25-30(28-16-17-31(39)32(40)24-28)37(33(5-2)42-47-3)38(34)44(29)20-14-19-43(21-23-50)27-35(45)41-18-22-49/h16-17,24,29-30,34,37-38,49-50H,4-15,18-23,25-27H2,1-3H3,(H,41,45). The molecular formula is C38H62Cl2N4O4S2. The summed E-state index contributed by atoms with van der Waals surface area (Å²) in [5, 5.41) is 8.55. The molecular weight excluding hydrogens is 711 g/mol. The predicted molar refractivity (Wildman–Crippen MR) is 214 cm³/mol. The molecule has 2 saturated heterocycles. The number of oxime groups is 1. The van der Waals surface area contributed by atoms with Gasteiger partial charge in [0.2, 0.25) is 5.91 Å². The number of hydrogen-bond acceptors (Lipinski definition) is 9. The highest BCUT2D eigenvalue weighted by Crippen LogP contribution is 2.49. The predicted octanol–water partition coefficient (Wildman–Crippen LogP) is 8.45. The van der Waals surface area contributed by atoms with E-state index < -0.39 is 0 Å². The van der Waals surface area contributed by atoms with Crippen LogP contribution in [0.4, 0.5) is 0 Å². The van der Waals surface area contributed by atoms with E-state index in [-0.39, 0.29) is 41.9 Å². The minimum atomic E-state index is -0.252. The summed E-state index contributed by atoms with van der Waals surface area (Å²) in [5.41, 5.74) is 2.07. The molecule has 2 heterocycles. The zero-order valence-electron chi connectivity index (χ0n) is 30.6. The molecule has 1 aromatic rings. The summed E-state index contributed by atoms with van der Waals surface area (Å²) in [5.74, 6) is 1.25. The van der Waals surface area contributed by atoms with Gasteiger partial charge in [0.25, 0.3) is 0 Å². The summed E-state index contributed by atoms with van der Waals surface area (Å²) in [4.78, 5) is 36.0. The lowest BCUT2D eigenvalue weighted by Crippen LogP contribution is -2.54. The number of unbranched alkanes of at least 4 members (excludes halogenated alkanes) is 8. The van der Waals surface area contributed by atoms with Gasteiger partial charge in [-0.25, -0.2) is 0 Å². The number of thiol groups is 2. The van der Waals surface area contributed by atoms with E-state index in [2.05, 4.69) is 65.4 Å². The first-order chi connectivity index (χ1) is 24.3. The Labute approximate surface area is 322 Å². The number of nitrogens with one attached hydrogen (secondary N) is 1. The second-order valence-electron chi connectivity index (χ2n) is 13.8. The average molecular weight is 774 g/mol. The van der Waals surface area contributed by atoms with Crippen LogP contribution in [0.15, 0.2) is 23.4 Å². The molecule has 2 aliphatic heterocycles. The monoisotopic (exact) mass is 772 g/mol. The van der Waals surface area contributed by atoms with Crippen molar-refractivity contribution in [1.29, 1.82) is 0 Å². The van der Waals surface area contributed by atoms with E-state index in [1.165, 1.54) is 44.9 Å². The van der Waals surface area contributed by atoms with E-state index >= 15 is 0 Å². The Kier molecular flexibility index (Phi) is 20.9. The number of esters is 1. The van der Waals surface area contributed by atoms with Gasteiger partial charge in [0.1, 0.15) is 13.2 Å². The largest absolute Gasteiger partial charge is 0.461 e. The molecule has 0 aromatic heterocycles. The Balaban J connectivity index is 1.77. The number of amides is 1. The average Bonchev–Trinajstić information content (AvgIpc) is 3.32. The van der Waals surface area contributed by atoms with Gasteiger partial charge in [-0.2, -0.15) is 25.3 Å². The van der Waals surface area contributed by atoms with Crippen molar-refractivity contribution in [1.82, 2.24) is 15.1 Å². The highest BCUT2D eigenvalue weighted by atomic mass is 35.5. The van der Waals surface area contributed by atoms with Gasteiger partial charge in [-0.3, -0.25) is 19.4 Å².